The van der Waals surface area contributed by atoms with E-state index in [4.69, 9.17) is 0 Å². The SMILES string of the molecule is O=C1NCCCCC1NCc1ccc(O)c(Br)c1. The van der Waals surface area contributed by atoms with Gasteiger partial charge < -0.3 is 15.7 Å². The van der Waals surface area contributed by atoms with Gasteiger partial charge in [-0.2, -0.15) is 0 Å². The number of phenols is 1. The molecule has 0 bridgehead atoms. The second-order valence-electron chi connectivity index (χ2n) is 4.51. The quantitative estimate of drug-likeness (QED) is 0.799. The van der Waals surface area contributed by atoms with Crippen LogP contribution in [0, 0.1) is 0 Å². The number of rotatable bonds is 3. The number of hydrogen-bond acceptors (Lipinski definition) is 3. The van der Waals surface area contributed by atoms with Gasteiger partial charge >= 0.3 is 0 Å². The molecule has 1 aromatic carbocycles. The lowest BCUT2D eigenvalue weighted by molar-refractivity contribution is -0.122. The normalized spacial score (nSPS) is 20.3. The van der Waals surface area contributed by atoms with E-state index >= 15 is 0 Å². The third-order valence-corrected chi connectivity index (χ3v) is 3.74. The van der Waals surface area contributed by atoms with E-state index in [1.165, 1.54) is 0 Å². The molecule has 5 heteroatoms. The van der Waals surface area contributed by atoms with Crippen molar-refractivity contribution in [3.63, 3.8) is 0 Å². The summed E-state index contributed by atoms with van der Waals surface area (Å²) in [6, 6.07) is 5.24. The van der Waals surface area contributed by atoms with Crippen molar-refractivity contribution in [1.82, 2.24) is 10.6 Å². The van der Waals surface area contributed by atoms with E-state index in [1.807, 2.05) is 12.1 Å². The first-order valence-electron chi connectivity index (χ1n) is 6.15. The highest BCUT2D eigenvalue weighted by atomic mass is 79.9. The summed E-state index contributed by atoms with van der Waals surface area (Å²) in [7, 11) is 0. The molecule has 1 fully saturated rings. The number of carbonyl (C=O) groups is 1. The molecule has 1 aliphatic rings. The summed E-state index contributed by atoms with van der Waals surface area (Å²) in [6.07, 6.45) is 3.00. The average molecular weight is 313 g/mol. The second-order valence-corrected chi connectivity index (χ2v) is 5.36. The largest absolute Gasteiger partial charge is 0.507 e. The van der Waals surface area contributed by atoms with E-state index in [9.17, 15) is 9.90 Å². The number of carbonyl (C=O) groups excluding carboxylic acids is 1. The fourth-order valence-corrected chi connectivity index (χ4v) is 2.46. The van der Waals surface area contributed by atoms with E-state index in [-0.39, 0.29) is 17.7 Å². The van der Waals surface area contributed by atoms with Gasteiger partial charge in [-0.3, -0.25) is 4.79 Å². The van der Waals surface area contributed by atoms with Gasteiger partial charge in [0.2, 0.25) is 5.91 Å². The van der Waals surface area contributed by atoms with Crippen molar-refractivity contribution in [3.8, 4) is 5.75 Å². The van der Waals surface area contributed by atoms with Crippen LogP contribution in [0.2, 0.25) is 0 Å². The number of hydrogen-bond donors (Lipinski definition) is 3. The number of benzene rings is 1. The van der Waals surface area contributed by atoms with Crippen LogP contribution in [-0.2, 0) is 11.3 Å². The molecule has 98 valence electrons. The van der Waals surface area contributed by atoms with Crippen LogP contribution in [0.15, 0.2) is 22.7 Å². The smallest absolute Gasteiger partial charge is 0.237 e. The van der Waals surface area contributed by atoms with E-state index < -0.39 is 0 Å². The van der Waals surface area contributed by atoms with E-state index in [1.54, 1.807) is 6.07 Å². The van der Waals surface area contributed by atoms with E-state index in [2.05, 4.69) is 26.6 Å². The molecule has 1 unspecified atom stereocenters. The van der Waals surface area contributed by atoms with Gasteiger partial charge in [0.15, 0.2) is 0 Å². The molecule has 0 spiro atoms. The Morgan fingerprint density at radius 3 is 3.06 bits per heavy atom. The zero-order valence-corrected chi connectivity index (χ0v) is 11.7. The monoisotopic (exact) mass is 312 g/mol. The van der Waals surface area contributed by atoms with Gasteiger partial charge in [0.05, 0.1) is 10.5 Å². The molecule has 0 radical (unpaired) electrons. The van der Waals surface area contributed by atoms with Crippen LogP contribution < -0.4 is 10.6 Å². The molecular formula is C13H17BrN2O2. The Hall–Kier alpha value is -1.07. The lowest BCUT2D eigenvalue weighted by Crippen LogP contribution is -2.42. The van der Waals surface area contributed by atoms with Crippen molar-refractivity contribution in [2.45, 2.75) is 31.8 Å². The zero-order chi connectivity index (χ0) is 13.0. The molecule has 2 rings (SSSR count). The molecule has 1 aliphatic heterocycles. The summed E-state index contributed by atoms with van der Waals surface area (Å²) < 4.78 is 0.673. The maximum Gasteiger partial charge on any atom is 0.237 e. The minimum atomic E-state index is -0.111. The molecule has 0 saturated carbocycles. The highest BCUT2D eigenvalue weighted by molar-refractivity contribution is 9.10. The minimum Gasteiger partial charge on any atom is -0.507 e. The Labute approximate surface area is 115 Å². The third kappa shape index (κ3) is 3.46. The average Bonchev–Trinajstić information content (AvgIpc) is 2.56. The van der Waals surface area contributed by atoms with Crippen molar-refractivity contribution in [2.24, 2.45) is 0 Å². The first-order valence-corrected chi connectivity index (χ1v) is 6.94. The Morgan fingerprint density at radius 2 is 2.28 bits per heavy atom. The van der Waals surface area contributed by atoms with Crippen LogP contribution in [0.25, 0.3) is 0 Å². The summed E-state index contributed by atoms with van der Waals surface area (Å²) in [5, 5.41) is 15.6. The standard InChI is InChI=1S/C13H17BrN2O2/c14-10-7-9(4-5-12(10)17)8-16-11-3-1-2-6-15-13(11)18/h4-5,7,11,16-17H,1-3,6,8H2,(H,15,18). The fourth-order valence-electron chi connectivity index (χ4n) is 2.04. The van der Waals surface area contributed by atoms with Crippen LogP contribution in [-0.4, -0.2) is 23.6 Å². The van der Waals surface area contributed by atoms with E-state index in [0.717, 1.165) is 31.4 Å². The van der Waals surface area contributed by atoms with Crippen LogP contribution in [0.3, 0.4) is 0 Å². The van der Waals surface area contributed by atoms with Gasteiger partial charge in [-0.15, -0.1) is 0 Å². The number of aromatic hydroxyl groups is 1. The van der Waals surface area contributed by atoms with Crippen LogP contribution in [0.4, 0.5) is 0 Å². The highest BCUT2D eigenvalue weighted by Crippen LogP contribution is 2.24. The first-order chi connectivity index (χ1) is 8.66. The fraction of sp³-hybridized carbons (Fsp3) is 0.462. The molecule has 0 aliphatic carbocycles. The first kappa shape index (κ1) is 13.4. The Morgan fingerprint density at radius 1 is 1.44 bits per heavy atom. The van der Waals surface area contributed by atoms with Crippen molar-refractivity contribution in [2.75, 3.05) is 6.54 Å². The zero-order valence-electron chi connectivity index (χ0n) is 10.1. The maximum atomic E-state index is 11.7. The van der Waals surface area contributed by atoms with Crippen LogP contribution in [0.5, 0.6) is 5.75 Å². The molecule has 1 saturated heterocycles. The Balaban J connectivity index is 1.93. The number of nitrogens with one attached hydrogen (secondary N) is 2. The number of halogens is 1. The predicted molar refractivity (Wildman–Crippen MR) is 73.3 cm³/mol. The Bertz CT molecular complexity index is 437. The number of amides is 1. The number of phenolic OH excluding ortho intramolecular Hbond substituents is 1. The summed E-state index contributed by atoms with van der Waals surface area (Å²) >= 11 is 3.28. The second kappa shape index (κ2) is 6.20. The van der Waals surface area contributed by atoms with Gasteiger partial charge in [-0.25, -0.2) is 0 Å². The van der Waals surface area contributed by atoms with Gasteiger partial charge in [0.25, 0.3) is 0 Å². The van der Waals surface area contributed by atoms with Gasteiger partial charge in [0.1, 0.15) is 5.75 Å². The molecule has 1 heterocycles. The van der Waals surface area contributed by atoms with Crippen LogP contribution >= 0.6 is 15.9 Å². The summed E-state index contributed by atoms with van der Waals surface area (Å²) in [5.74, 6) is 0.316. The minimum absolute atomic E-state index is 0.0883. The van der Waals surface area contributed by atoms with Gasteiger partial charge in [-0.05, 0) is 52.9 Å². The lowest BCUT2D eigenvalue weighted by Gasteiger charge is -2.15. The van der Waals surface area contributed by atoms with Crippen molar-refractivity contribution >= 4 is 21.8 Å². The van der Waals surface area contributed by atoms with Gasteiger partial charge in [0, 0.05) is 13.1 Å². The molecule has 1 atom stereocenters. The predicted octanol–water partition coefficient (Wildman–Crippen LogP) is 1.91. The molecule has 3 N–H and O–H groups in total. The molecule has 0 aromatic heterocycles. The third-order valence-electron chi connectivity index (χ3n) is 3.10. The molecule has 1 aromatic rings. The molecule has 18 heavy (non-hydrogen) atoms. The summed E-state index contributed by atoms with van der Waals surface area (Å²) in [4.78, 5) is 11.7. The summed E-state index contributed by atoms with van der Waals surface area (Å²) in [6.45, 7) is 1.40. The van der Waals surface area contributed by atoms with Crippen molar-refractivity contribution in [3.05, 3.63) is 28.2 Å². The summed E-state index contributed by atoms with van der Waals surface area (Å²) in [5.41, 5.74) is 1.04. The van der Waals surface area contributed by atoms with Gasteiger partial charge in [-0.1, -0.05) is 6.07 Å². The van der Waals surface area contributed by atoms with Crippen molar-refractivity contribution in [1.29, 1.82) is 0 Å². The Kier molecular flexibility index (Phi) is 4.60. The topological polar surface area (TPSA) is 61.4 Å². The van der Waals surface area contributed by atoms with Crippen molar-refractivity contribution < 1.29 is 9.90 Å². The maximum absolute atomic E-state index is 11.7. The van der Waals surface area contributed by atoms with Crippen LogP contribution in [0.1, 0.15) is 24.8 Å². The van der Waals surface area contributed by atoms with E-state index in [0.29, 0.717) is 11.0 Å². The molecule has 1 amide bonds. The molecule has 4 nitrogen and oxygen atoms in total. The highest BCUT2D eigenvalue weighted by Gasteiger charge is 2.19. The molecular weight excluding hydrogens is 296 g/mol. The lowest BCUT2D eigenvalue weighted by atomic mass is 10.1.